The van der Waals surface area contributed by atoms with Gasteiger partial charge < -0.3 is 5.11 Å². The Labute approximate surface area is 222 Å². The minimum absolute atomic E-state index is 0.00549. The fourth-order valence-electron chi connectivity index (χ4n) is 3.80. The summed E-state index contributed by atoms with van der Waals surface area (Å²) in [5.74, 6) is 7.07. The third-order valence-corrected chi connectivity index (χ3v) is 8.66. The number of carbonyl (C=O) groups is 2. The zero-order valence-electron chi connectivity index (χ0n) is 19.0. The van der Waals surface area contributed by atoms with Gasteiger partial charge in [0.05, 0.1) is 16.0 Å². The molecular formula is C26H25ClN2O3S3. The molecule has 0 spiro atoms. The predicted octanol–water partition coefficient (Wildman–Crippen LogP) is 5.60. The van der Waals surface area contributed by atoms with Crippen LogP contribution in [0.2, 0.25) is 5.02 Å². The highest BCUT2D eigenvalue weighted by Crippen LogP contribution is 2.28. The first-order valence-electron chi connectivity index (χ1n) is 11.3. The summed E-state index contributed by atoms with van der Waals surface area (Å²) < 4.78 is 0. The molecule has 1 fully saturated rings. The van der Waals surface area contributed by atoms with E-state index in [1.54, 1.807) is 22.4 Å². The van der Waals surface area contributed by atoms with Crippen molar-refractivity contribution in [3.63, 3.8) is 0 Å². The average molecular weight is 545 g/mol. The van der Waals surface area contributed by atoms with Gasteiger partial charge in [-0.25, -0.2) is 5.01 Å². The van der Waals surface area contributed by atoms with E-state index in [1.807, 2.05) is 46.1 Å². The van der Waals surface area contributed by atoms with Gasteiger partial charge >= 0.3 is 0 Å². The molecule has 1 atom stereocenters. The van der Waals surface area contributed by atoms with E-state index in [1.165, 1.54) is 23.1 Å². The lowest BCUT2D eigenvalue weighted by atomic mass is 10.0. The Balaban J connectivity index is 1.31. The van der Waals surface area contributed by atoms with Gasteiger partial charge in [-0.3, -0.25) is 14.6 Å². The Kier molecular flexibility index (Phi) is 9.44. The smallest absolute Gasteiger partial charge is 0.296 e. The fourth-order valence-corrected chi connectivity index (χ4v) is 6.48. The first-order chi connectivity index (χ1) is 17.0. The Morgan fingerprint density at radius 1 is 1.17 bits per heavy atom. The van der Waals surface area contributed by atoms with Crippen LogP contribution in [0.4, 0.5) is 4.79 Å². The summed E-state index contributed by atoms with van der Waals surface area (Å²) in [5.41, 5.74) is 2.97. The molecule has 0 saturated carbocycles. The summed E-state index contributed by atoms with van der Waals surface area (Å²) in [7, 11) is 0. The summed E-state index contributed by atoms with van der Waals surface area (Å²) in [5, 5.41) is 19.1. The standard InChI is InChI=1S/C26H25ClN2O3S3/c27-24-16-23(17-30)35-25(24)7-10-29-26(32)34-13-11-28(29)9-6-22(31)15-21-3-1-2-19(14-21)4-5-20-8-12-33-18-20/h1-3,8,12,14,16-18,22,31H,6-7,9-11,13,15H2. The summed E-state index contributed by atoms with van der Waals surface area (Å²) in [6.07, 6.45) is 1.94. The highest BCUT2D eigenvalue weighted by atomic mass is 35.5. The van der Waals surface area contributed by atoms with Crippen LogP contribution < -0.4 is 0 Å². The largest absolute Gasteiger partial charge is 0.393 e. The second-order valence-electron chi connectivity index (χ2n) is 8.09. The Hall–Kier alpha value is -2.12. The van der Waals surface area contributed by atoms with E-state index in [2.05, 4.69) is 11.8 Å². The molecule has 4 rings (SSSR count). The molecule has 3 aromatic rings. The molecule has 5 nitrogen and oxygen atoms in total. The third kappa shape index (κ3) is 7.43. The maximum absolute atomic E-state index is 12.6. The Bertz CT molecular complexity index is 1220. The van der Waals surface area contributed by atoms with Gasteiger partial charge in [0.25, 0.3) is 5.24 Å². The number of halogens is 1. The van der Waals surface area contributed by atoms with Crippen molar-refractivity contribution in [1.82, 2.24) is 10.0 Å². The fraction of sp³-hybridized carbons (Fsp3) is 0.308. The quantitative estimate of drug-likeness (QED) is 0.281. The maximum Gasteiger partial charge on any atom is 0.296 e. The van der Waals surface area contributed by atoms with Crippen molar-refractivity contribution in [2.75, 3.05) is 25.4 Å². The summed E-state index contributed by atoms with van der Waals surface area (Å²) in [4.78, 5) is 25.1. The second kappa shape index (κ2) is 12.7. The van der Waals surface area contributed by atoms with Crippen LogP contribution in [-0.4, -0.2) is 58.1 Å². The number of thiophene rings is 2. The normalized spacial score (nSPS) is 15.0. The van der Waals surface area contributed by atoms with E-state index in [0.717, 1.165) is 40.2 Å². The molecule has 1 unspecified atom stereocenters. The number of carbonyl (C=O) groups excluding carboxylic acids is 2. The van der Waals surface area contributed by atoms with Gasteiger partial charge in [0, 0.05) is 53.2 Å². The monoisotopic (exact) mass is 544 g/mol. The van der Waals surface area contributed by atoms with Gasteiger partial charge in [-0.05, 0) is 48.1 Å². The van der Waals surface area contributed by atoms with Crippen LogP contribution in [0.5, 0.6) is 0 Å². The minimum Gasteiger partial charge on any atom is -0.393 e. The second-order valence-corrected chi connectivity index (χ2v) is 11.5. The number of aliphatic hydroxyl groups is 1. The van der Waals surface area contributed by atoms with E-state index in [4.69, 9.17) is 11.6 Å². The van der Waals surface area contributed by atoms with E-state index in [-0.39, 0.29) is 5.24 Å². The Morgan fingerprint density at radius 2 is 2.03 bits per heavy atom. The highest BCUT2D eigenvalue weighted by Gasteiger charge is 2.27. The van der Waals surface area contributed by atoms with Gasteiger partial charge in [-0.15, -0.1) is 11.3 Å². The minimum atomic E-state index is -0.525. The predicted molar refractivity (Wildman–Crippen MR) is 146 cm³/mol. The number of aldehydes is 1. The molecule has 2 aromatic heterocycles. The van der Waals surface area contributed by atoms with E-state index in [9.17, 15) is 14.7 Å². The van der Waals surface area contributed by atoms with Crippen LogP contribution in [-0.2, 0) is 12.8 Å². The average Bonchev–Trinajstić information content (AvgIpc) is 3.50. The molecule has 0 bridgehead atoms. The first-order valence-corrected chi connectivity index (χ1v) is 14.4. The molecule has 0 aliphatic carbocycles. The molecule has 1 saturated heterocycles. The van der Waals surface area contributed by atoms with Gasteiger partial charge in [0.15, 0.2) is 6.29 Å². The van der Waals surface area contributed by atoms with Crippen molar-refractivity contribution < 1.29 is 14.7 Å². The van der Waals surface area contributed by atoms with Gasteiger partial charge in [-0.2, -0.15) is 11.3 Å². The number of aliphatic hydroxyl groups excluding tert-OH is 1. The lowest BCUT2D eigenvalue weighted by molar-refractivity contribution is 0.0148. The summed E-state index contributed by atoms with van der Waals surface area (Å²) >= 11 is 10.5. The zero-order chi connectivity index (χ0) is 24.6. The third-order valence-electron chi connectivity index (χ3n) is 5.56. The van der Waals surface area contributed by atoms with Crippen LogP contribution in [0.25, 0.3) is 0 Å². The molecule has 1 aliphatic heterocycles. The Morgan fingerprint density at radius 3 is 2.80 bits per heavy atom. The highest BCUT2D eigenvalue weighted by molar-refractivity contribution is 8.13. The van der Waals surface area contributed by atoms with Crippen molar-refractivity contribution in [3.05, 3.63) is 78.6 Å². The van der Waals surface area contributed by atoms with Crippen LogP contribution in [0, 0.1) is 11.8 Å². The van der Waals surface area contributed by atoms with Crippen molar-refractivity contribution >= 4 is 57.6 Å². The van der Waals surface area contributed by atoms with E-state index < -0.39 is 6.10 Å². The molecule has 3 heterocycles. The lowest BCUT2D eigenvalue weighted by Gasteiger charge is -2.38. The lowest BCUT2D eigenvalue weighted by Crippen LogP contribution is -2.51. The molecule has 0 radical (unpaired) electrons. The van der Waals surface area contributed by atoms with Crippen LogP contribution in [0.3, 0.4) is 0 Å². The number of benzene rings is 1. The van der Waals surface area contributed by atoms with Crippen molar-refractivity contribution in [2.45, 2.75) is 25.4 Å². The zero-order valence-corrected chi connectivity index (χ0v) is 22.2. The molecule has 35 heavy (non-hydrogen) atoms. The summed E-state index contributed by atoms with van der Waals surface area (Å²) in [6.45, 7) is 1.82. The number of rotatable bonds is 9. The summed E-state index contributed by atoms with van der Waals surface area (Å²) in [6, 6.07) is 11.6. The van der Waals surface area contributed by atoms with Crippen LogP contribution >= 0.6 is 46.0 Å². The number of hydrazine groups is 1. The molecule has 9 heteroatoms. The molecule has 1 aromatic carbocycles. The molecule has 1 N–H and O–H groups in total. The molecule has 182 valence electrons. The SMILES string of the molecule is O=Cc1cc(Cl)c(CCN2C(=O)SCCN2CCC(O)Cc2cccc(C#Cc3ccsc3)c2)s1. The van der Waals surface area contributed by atoms with Crippen molar-refractivity contribution in [3.8, 4) is 11.8 Å². The molecule has 1 amide bonds. The number of nitrogens with zero attached hydrogens (tertiary/aromatic N) is 2. The maximum atomic E-state index is 12.6. The van der Waals surface area contributed by atoms with Gasteiger partial charge in [0.2, 0.25) is 0 Å². The topological polar surface area (TPSA) is 60.9 Å². The van der Waals surface area contributed by atoms with Gasteiger partial charge in [-0.1, -0.05) is 47.3 Å². The molecule has 1 aliphatic rings. The van der Waals surface area contributed by atoms with Crippen molar-refractivity contribution in [2.24, 2.45) is 0 Å². The number of hydrogen-bond acceptors (Lipinski definition) is 7. The molecular weight excluding hydrogens is 520 g/mol. The van der Waals surface area contributed by atoms with Gasteiger partial charge in [0.1, 0.15) is 0 Å². The van der Waals surface area contributed by atoms with E-state index in [0.29, 0.717) is 42.3 Å². The number of thioether (sulfide) groups is 1. The number of hydrogen-bond donors (Lipinski definition) is 1. The number of amides is 1. The first kappa shape index (κ1) is 26.0. The van der Waals surface area contributed by atoms with E-state index >= 15 is 0 Å². The van der Waals surface area contributed by atoms with Crippen LogP contribution in [0.1, 0.15) is 37.7 Å². The van der Waals surface area contributed by atoms with Crippen molar-refractivity contribution in [1.29, 1.82) is 0 Å². The van der Waals surface area contributed by atoms with Crippen LogP contribution in [0.15, 0.2) is 47.2 Å².